The maximum atomic E-state index is 11.9. The molecule has 0 aliphatic rings. The van der Waals surface area contributed by atoms with Crippen molar-refractivity contribution in [2.24, 2.45) is 0 Å². The quantitative estimate of drug-likeness (QED) is 0.685. The number of benzene rings is 2. The van der Waals surface area contributed by atoms with E-state index >= 15 is 0 Å². The van der Waals surface area contributed by atoms with Crippen molar-refractivity contribution in [3.05, 3.63) is 63.6 Å². The van der Waals surface area contributed by atoms with Crippen molar-refractivity contribution in [2.75, 3.05) is 18.5 Å². The summed E-state index contributed by atoms with van der Waals surface area (Å²) in [6.45, 7) is 1.49. The number of hydrogen-bond acceptors (Lipinski definition) is 4. The Bertz CT molecular complexity index is 838. The number of carbonyl (C=O) groups is 3. The van der Waals surface area contributed by atoms with Gasteiger partial charge in [0.25, 0.3) is 11.8 Å². The molecule has 0 fully saturated rings. The lowest BCUT2D eigenvalue weighted by Crippen LogP contribution is -2.27. The van der Waals surface area contributed by atoms with Crippen molar-refractivity contribution in [3.8, 4) is 0 Å². The maximum absolute atomic E-state index is 11.9. The topological polar surface area (TPSA) is 84.5 Å². The molecular weight excluding hydrogens is 391 g/mol. The van der Waals surface area contributed by atoms with Gasteiger partial charge in [-0.3, -0.25) is 14.4 Å². The minimum Gasteiger partial charge on any atom is -0.456 e. The Morgan fingerprint density at radius 1 is 1.00 bits per heavy atom. The van der Waals surface area contributed by atoms with Gasteiger partial charge in [0, 0.05) is 27.8 Å². The van der Waals surface area contributed by atoms with E-state index in [0.29, 0.717) is 21.3 Å². The monoisotopic (exact) mass is 408 g/mol. The summed E-state index contributed by atoms with van der Waals surface area (Å²) in [5.74, 6) is -1.39. The zero-order valence-electron chi connectivity index (χ0n) is 14.6. The van der Waals surface area contributed by atoms with Crippen molar-refractivity contribution < 1.29 is 19.1 Å². The molecule has 0 aliphatic heterocycles. The summed E-state index contributed by atoms with van der Waals surface area (Å²) < 4.78 is 4.90. The number of hydrogen-bond donors (Lipinski definition) is 2. The highest BCUT2D eigenvalue weighted by molar-refractivity contribution is 6.31. The van der Waals surface area contributed by atoms with Gasteiger partial charge in [-0.05, 0) is 48.9 Å². The number of amides is 2. The summed E-state index contributed by atoms with van der Waals surface area (Å²) >= 11 is 11.6. The first-order valence-corrected chi connectivity index (χ1v) is 8.86. The summed E-state index contributed by atoms with van der Waals surface area (Å²) in [4.78, 5) is 35.4. The Labute approximate surface area is 166 Å². The Kier molecular flexibility index (Phi) is 7.64. The molecule has 0 heterocycles. The minimum atomic E-state index is -0.593. The van der Waals surface area contributed by atoms with Crippen molar-refractivity contribution in [1.29, 1.82) is 0 Å². The Morgan fingerprint density at radius 3 is 2.37 bits per heavy atom. The lowest BCUT2D eigenvalue weighted by molar-refractivity contribution is -0.147. The summed E-state index contributed by atoms with van der Waals surface area (Å²) in [6, 6.07) is 11.5. The molecule has 2 N–H and O–H groups in total. The van der Waals surface area contributed by atoms with Crippen LogP contribution in [0.4, 0.5) is 5.69 Å². The number of nitrogens with one attached hydrogen (secondary N) is 2. The molecule has 0 aromatic heterocycles. The van der Waals surface area contributed by atoms with Crippen LogP contribution in [0, 0.1) is 6.92 Å². The summed E-state index contributed by atoms with van der Waals surface area (Å²) in [6.07, 6.45) is -0.0528. The van der Waals surface area contributed by atoms with E-state index in [1.807, 2.05) is 6.92 Å². The smallest absolute Gasteiger partial charge is 0.308 e. The number of aryl methyl sites for hydroxylation is 1. The molecule has 6 nitrogen and oxygen atoms in total. The summed E-state index contributed by atoms with van der Waals surface area (Å²) in [5, 5.41) is 6.24. The lowest BCUT2D eigenvalue weighted by atomic mass is 10.2. The van der Waals surface area contributed by atoms with Crippen LogP contribution in [0.5, 0.6) is 0 Å². The number of esters is 1. The fourth-order valence-corrected chi connectivity index (χ4v) is 2.41. The van der Waals surface area contributed by atoms with Crippen LogP contribution in [-0.2, 0) is 14.3 Å². The maximum Gasteiger partial charge on any atom is 0.308 e. The standard InChI is InChI=1S/C19H18Cl2N2O4/c1-12-2-5-15(21)10-16(12)23-17(24)11-27-18(25)8-9-22-19(26)13-3-6-14(20)7-4-13/h2-7,10H,8-9,11H2,1H3,(H,22,26)(H,23,24). The molecule has 0 unspecified atom stereocenters. The Balaban J connectivity index is 1.69. The Hall–Kier alpha value is -2.57. The average molecular weight is 409 g/mol. The molecule has 2 aromatic carbocycles. The molecule has 0 saturated carbocycles. The van der Waals surface area contributed by atoms with Crippen LogP contribution in [0.15, 0.2) is 42.5 Å². The highest BCUT2D eigenvalue weighted by atomic mass is 35.5. The molecular formula is C19H18Cl2N2O4. The van der Waals surface area contributed by atoms with Crippen LogP contribution >= 0.6 is 23.2 Å². The van der Waals surface area contributed by atoms with E-state index < -0.39 is 18.5 Å². The van der Waals surface area contributed by atoms with Crippen LogP contribution in [-0.4, -0.2) is 30.9 Å². The Morgan fingerprint density at radius 2 is 1.67 bits per heavy atom. The van der Waals surface area contributed by atoms with Gasteiger partial charge >= 0.3 is 5.97 Å². The van der Waals surface area contributed by atoms with E-state index in [4.69, 9.17) is 27.9 Å². The van der Waals surface area contributed by atoms with Gasteiger partial charge in [-0.1, -0.05) is 29.3 Å². The zero-order chi connectivity index (χ0) is 19.8. The summed E-state index contributed by atoms with van der Waals surface area (Å²) in [5.41, 5.74) is 1.83. The van der Waals surface area contributed by atoms with E-state index in [9.17, 15) is 14.4 Å². The predicted octanol–water partition coefficient (Wildman–Crippen LogP) is 3.60. The SMILES string of the molecule is Cc1ccc(Cl)cc1NC(=O)COC(=O)CCNC(=O)c1ccc(Cl)cc1. The third kappa shape index (κ3) is 6.92. The van der Waals surface area contributed by atoms with E-state index in [0.717, 1.165) is 5.56 Å². The second-order valence-corrected chi connectivity index (χ2v) is 6.55. The third-order valence-electron chi connectivity index (χ3n) is 3.56. The van der Waals surface area contributed by atoms with Crippen molar-refractivity contribution >= 4 is 46.7 Å². The van der Waals surface area contributed by atoms with E-state index in [1.165, 1.54) is 0 Å². The largest absolute Gasteiger partial charge is 0.456 e. The zero-order valence-corrected chi connectivity index (χ0v) is 16.1. The van der Waals surface area contributed by atoms with Crippen molar-refractivity contribution in [2.45, 2.75) is 13.3 Å². The van der Waals surface area contributed by atoms with Crippen LogP contribution < -0.4 is 10.6 Å². The van der Waals surface area contributed by atoms with Crippen LogP contribution in [0.1, 0.15) is 22.3 Å². The molecule has 0 spiro atoms. The van der Waals surface area contributed by atoms with Gasteiger partial charge in [-0.25, -0.2) is 0 Å². The first kappa shape index (κ1) is 20.7. The first-order valence-electron chi connectivity index (χ1n) is 8.10. The highest BCUT2D eigenvalue weighted by Crippen LogP contribution is 2.20. The van der Waals surface area contributed by atoms with Crippen LogP contribution in [0.3, 0.4) is 0 Å². The van der Waals surface area contributed by atoms with E-state index in [-0.39, 0.29) is 18.9 Å². The average Bonchev–Trinajstić information content (AvgIpc) is 2.63. The first-order chi connectivity index (χ1) is 12.8. The van der Waals surface area contributed by atoms with Gasteiger partial charge in [0.1, 0.15) is 0 Å². The molecule has 2 rings (SSSR count). The molecule has 0 bridgehead atoms. The number of carbonyl (C=O) groups excluding carboxylic acids is 3. The van der Waals surface area contributed by atoms with Crippen molar-refractivity contribution in [3.63, 3.8) is 0 Å². The summed E-state index contributed by atoms with van der Waals surface area (Å²) in [7, 11) is 0. The van der Waals surface area contributed by atoms with Gasteiger partial charge in [0.05, 0.1) is 6.42 Å². The minimum absolute atomic E-state index is 0.0528. The van der Waals surface area contributed by atoms with Gasteiger partial charge in [-0.2, -0.15) is 0 Å². The fraction of sp³-hybridized carbons (Fsp3) is 0.211. The van der Waals surface area contributed by atoms with E-state index in [1.54, 1.807) is 42.5 Å². The molecule has 2 aromatic rings. The number of anilines is 1. The molecule has 27 heavy (non-hydrogen) atoms. The molecule has 0 aliphatic carbocycles. The predicted molar refractivity (Wildman–Crippen MR) is 104 cm³/mol. The highest BCUT2D eigenvalue weighted by Gasteiger charge is 2.11. The van der Waals surface area contributed by atoms with Crippen molar-refractivity contribution in [1.82, 2.24) is 5.32 Å². The van der Waals surface area contributed by atoms with Crippen LogP contribution in [0.2, 0.25) is 10.0 Å². The molecule has 142 valence electrons. The second-order valence-electron chi connectivity index (χ2n) is 5.68. The lowest BCUT2D eigenvalue weighted by Gasteiger charge is -2.09. The number of halogens is 2. The van der Waals surface area contributed by atoms with Crippen LogP contribution in [0.25, 0.3) is 0 Å². The molecule has 0 atom stereocenters. The third-order valence-corrected chi connectivity index (χ3v) is 4.05. The number of ether oxygens (including phenoxy) is 1. The normalized spacial score (nSPS) is 10.2. The fourth-order valence-electron chi connectivity index (χ4n) is 2.11. The number of rotatable bonds is 7. The molecule has 0 radical (unpaired) electrons. The van der Waals surface area contributed by atoms with E-state index in [2.05, 4.69) is 10.6 Å². The second kappa shape index (κ2) is 9.94. The van der Waals surface area contributed by atoms with Gasteiger partial charge in [0.2, 0.25) is 0 Å². The van der Waals surface area contributed by atoms with Gasteiger partial charge in [-0.15, -0.1) is 0 Å². The molecule has 2 amide bonds. The molecule has 8 heteroatoms. The van der Waals surface area contributed by atoms with Gasteiger partial charge in [0.15, 0.2) is 6.61 Å². The van der Waals surface area contributed by atoms with Gasteiger partial charge < -0.3 is 15.4 Å². The molecule has 0 saturated heterocycles.